The highest BCUT2D eigenvalue weighted by Crippen LogP contribution is 2.37. The summed E-state index contributed by atoms with van der Waals surface area (Å²) < 4.78 is 19.8. The molecule has 1 saturated heterocycles. The molecule has 0 amide bonds. The average Bonchev–Trinajstić information content (AvgIpc) is 3.59. The Morgan fingerprint density at radius 1 is 1.29 bits per heavy atom. The molecular formula is C29H30N4O7S. The first-order valence-corrected chi connectivity index (χ1v) is 14.0. The molecule has 12 heteroatoms. The molecule has 41 heavy (non-hydrogen) atoms. The number of oxazole rings is 1. The van der Waals surface area contributed by atoms with Gasteiger partial charge in [-0.1, -0.05) is 24.3 Å². The number of thiophene rings is 1. The lowest BCUT2D eigenvalue weighted by molar-refractivity contribution is -0.146. The van der Waals surface area contributed by atoms with Gasteiger partial charge in [0.2, 0.25) is 12.4 Å². The molecule has 0 saturated carbocycles. The maximum Gasteiger partial charge on any atom is 0.333 e. The van der Waals surface area contributed by atoms with Gasteiger partial charge < -0.3 is 23.8 Å². The van der Waals surface area contributed by atoms with Gasteiger partial charge in [-0.15, -0.1) is 11.3 Å². The molecule has 0 radical (unpaired) electrons. The first-order chi connectivity index (χ1) is 19.6. The Balaban J connectivity index is 1.76. The van der Waals surface area contributed by atoms with Crippen molar-refractivity contribution in [1.29, 1.82) is 0 Å². The number of carboxylic acid groups (broad SMARTS) is 1. The SMILES string of the molecule is [C-]#[N+]Cc1ccccc1[C@H](Cn1c(=O)n(C(C)(C)C(=O)O)c(=O)c2c(C)c(-c3ncco3)sc21)OC1CCOCC1. The second-order valence-electron chi connectivity index (χ2n) is 10.4. The first kappa shape index (κ1) is 28.5. The van der Waals surface area contributed by atoms with E-state index < -0.39 is 28.9 Å². The Kier molecular flexibility index (Phi) is 7.95. The summed E-state index contributed by atoms with van der Waals surface area (Å²) in [4.78, 5) is 49.0. The van der Waals surface area contributed by atoms with E-state index in [4.69, 9.17) is 20.5 Å². The Hall–Kier alpha value is -4.05. The van der Waals surface area contributed by atoms with Crippen molar-refractivity contribution in [3.63, 3.8) is 0 Å². The van der Waals surface area contributed by atoms with E-state index in [-0.39, 0.29) is 24.6 Å². The van der Waals surface area contributed by atoms with Crippen LogP contribution in [-0.4, -0.2) is 44.5 Å². The highest BCUT2D eigenvalue weighted by atomic mass is 32.1. The van der Waals surface area contributed by atoms with Crippen LogP contribution in [0.15, 0.2) is 50.7 Å². The number of benzene rings is 1. The number of carboxylic acids is 1. The zero-order valence-electron chi connectivity index (χ0n) is 23.0. The van der Waals surface area contributed by atoms with Crippen LogP contribution in [0, 0.1) is 13.5 Å². The standard InChI is InChI=1S/C29H30N4O7S/c1-17-22-25(34)33(29(2,3)27(35)36)28(37)32(26(22)41-23(17)24-31-11-14-39-24)16-21(40-19-9-12-38-13-10-19)20-8-6-5-7-18(20)15-30-4/h5-8,11,14,19,21H,9-10,12-13,15-16H2,1-3H3,(H,35,36)/t21-/m0/s1. The van der Waals surface area contributed by atoms with Crippen LogP contribution >= 0.6 is 11.3 Å². The molecule has 0 spiro atoms. The maximum atomic E-state index is 14.1. The van der Waals surface area contributed by atoms with Crippen LogP contribution in [0.2, 0.25) is 0 Å². The van der Waals surface area contributed by atoms with Gasteiger partial charge in [0.05, 0.1) is 29.1 Å². The first-order valence-electron chi connectivity index (χ1n) is 13.2. The van der Waals surface area contributed by atoms with E-state index in [1.165, 1.54) is 42.2 Å². The Morgan fingerprint density at radius 3 is 2.68 bits per heavy atom. The molecule has 1 atom stereocenters. The van der Waals surface area contributed by atoms with Crippen molar-refractivity contribution < 1.29 is 23.8 Å². The monoisotopic (exact) mass is 578 g/mol. The van der Waals surface area contributed by atoms with Crippen LogP contribution in [0.25, 0.3) is 25.8 Å². The van der Waals surface area contributed by atoms with Crippen molar-refractivity contribution in [2.45, 2.75) is 64.4 Å². The molecule has 3 aromatic heterocycles. The molecule has 0 bridgehead atoms. The molecule has 1 aliphatic rings. The van der Waals surface area contributed by atoms with Gasteiger partial charge in [0, 0.05) is 18.8 Å². The number of hydrogen-bond donors (Lipinski definition) is 1. The van der Waals surface area contributed by atoms with Crippen molar-refractivity contribution in [3.8, 4) is 10.8 Å². The minimum atomic E-state index is -1.83. The molecule has 4 aromatic rings. The summed E-state index contributed by atoms with van der Waals surface area (Å²) in [6, 6.07) is 7.44. The number of aliphatic carboxylic acids is 1. The third-order valence-corrected chi connectivity index (χ3v) is 8.75. The number of aryl methyl sites for hydroxylation is 1. The maximum absolute atomic E-state index is 14.1. The van der Waals surface area contributed by atoms with Gasteiger partial charge >= 0.3 is 11.7 Å². The Labute approximate surface area is 239 Å². The predicted octanol–water partition coefficient (Wildman–Crippen LogP) is 4.36. The van der Waals surface area contributed by atoms with Gasteiger partial charge in [-0.3, -0.25) is 9.36 Å². The molecule has 1 N–H and O–H groups in total. The van der Waals surface area contributed by atoms with Crippen LogP contribution in [-0.2, 0) is 32.9 Å². The molecule has 0 unspecified atom stereocenters. The summed E-state index contributed by atoms with van der Waals surface area (Å²) in [5.74, 6) is -1.02. The number of aromatic nitrogens is 3. The molecule has 11 nitrogen and oxygen atoms in total. The highest BCUT2D eigenvalue weighted by molar-refractivity contribution is 7.22. The van der Waals surface area contributed by atoms with Crippen molar-refractivity contribution >= 4 is 27.5 Å². The highest BCUT2D eigenvalue weighted by Gasteiger charge is 2.36. The van der Waals surface area contributed by atoms with E-state index in [0.717, 1.165) is 15.7 Å². The Morgan fingerprint density at radius 2 is 2.02 bits per heavy atom. The van der Waals surface area contributed by atoms with Gasteiger partial charge in [-0.25, -0.2) is 25.7 Å². The third-order valence-electron chi connectivity index (χ3n) is 7.45. The molecule has 1 aliphatic heterocycles. The summed E-state index contributed by atoms with van der Waals surface area (Å²) in [7, 11) is 0. The average molecular weight is 579 g/mol. The molecule has 5 rings (SSSR count). The predicted molar refractivity (Wildman–Crippen MR) is 152 cm³/mol. The third kappa shape index (κ3) is 5.24. The van der Waals surface area contributed by atoms with Crippen molar-refractivity contribution in [3.05, 3.63) is 85.7 Å². The van der Waals surface area contributed by atoms with Gasteiger partial charge in [0.1, 0.15) is 22.7 Å². The normalized spacial score (nSPS) is 15.2. The zero-order chi connectivity index (χ0) is 29.3. The lowest BCUT2D eigenvalue weighted by atomic mass is 10.0. The second-order valence-corrected chi connectivity index (χ2v) is 11.4. The quantitative estimate of drug-likeness (QED) is 0.290. The van der Waals surface area contributed by atoms with E-state index in [2.05, 4.69) is 9.83 Å². The summed E-state index contributed by atoms with van der Waals surface area (Å²) in [5.41, 5.74) is -1.23. The number of rotatable bonds is 9. The van der Waals surface area contributed by atoms with Crippen LogP contribution < -0.4 is 11.2 Å². The minimum absolute atomic E-state index is 0.0113. The fourth-order valence-electron chi connectivity index (χ4n) is 5.14. The molecule has 214 valence electrons. The van der Waals surface area contributed by atoms with E-state index in [9.17, 15) is 19.5 Å². The molecule has 1 aromatic carbocycles. The van der Waals surface area contributed by atoms with Gasteiger partial charge in [-0.2, -0.15) is 0 Å². The summed E-state index contributed by atoms with van der Waals surface area (Å²) >= 11 is 1.18. The van der Waals surface area contributed by atoms with E-state index >= 15 is 0 Å². The second kappa shape index (κ2) is 11.4. The van der Waals surface area contributed by atoms with Crippen molar-refractivity contribution in [2.24, 2.45) is 0 Å². The van der Waals surface area contributed by atoms with Crippen molar-refractivity contribution in [2.75, 3.05) is 13.2 Å². The van der Waals surface area contributed by atoms with Gasteiger partial charge in [0.25, 0.3) is 5.56 Å². The smallest absolute Gasteiger partial charge is 0.333 e. The van der Waals surface area contributed by atoms with Gasteiger partial charge in [-0.05, 0) is 44.7 Å². The minimum Gasteiger partial charge on any atom is -0.480 e. The van der Waals surface area contributed by atoms with Crippen LogP contribution in [0.4, 0.5) is 0 Å². The van der Waals surface area contributed by atoms with E-state index in [1.54, 1.807) is 6.92 Å². The summed E-state index contributed by atoms with van der Waals surface area (Å²) in [5, 5.41) is 10.2. The van der Waals surface area contributed by atoms with Crippen LogP contribution in [0.1, 0.15) is 49.5 Å². The zero-order valence-corrected chi connectivity index (χ0v) is 23.8. The topological polar surface area (TPSA) is 130 Å². The molecular weight excluding hydrogens is 548 g/mol. The largest absolute Gasteiger partial charge is 0.480 e. The molecule has 0 aliphatic carbocycles. The van der Waals surface area contributed by atoms with Gasteiger partial charge in [0.15, 0.2) is 0 Å². The number of fused-ring (bicyclic) bond motifs is 1. The number of carbonyl (C=O) groups is 1. The Bertz CT molecular complexity index is 1740. The number of nitrogens with zero attached hydrogens (tertiary/aromatic N) is 4. The lowest BCUT2D eigenvalue weighted by Crippen LogP contribution is -2.52. The molecule has 1 fully saturated rings. The van der Waals surface area contributed by atoms with E-state index in [0.29, 0.717) is 47.2 Å². The lowest BCUT2D eigenvalue weighted by Gasteiger charge is -2.30. The van der Waals surface area contributed by atoms with Crippen LogP contribution in [0.5, 0.6) is 0 Å². The number of hydrogen-bond acceptors (Lipinski definition) is 8. The summed E-state index contributed by atoms with van der Waals surface area (Å²) in [6.07, 6.45) is 3.44. The fraction of sp³-hybridized carbons (Fsp3) is 0.414. The number of ether oxygens (including phenoxy) is 2. The van der Waals surface area contributed by atoms with Crippen LogP contribution in [0.3, 0.4) is 0 Å². The van der Waals surface area contributed by atoms with Crippen molar-refractivity contribution in [1.82, 2.24) is 14.1 Å². The molecule has 4 heterocycles. The van der Waals surface area contributed by atoms with E-state index in [1.807, 2.05) is 24.3 Å². The summed E-state index contributed by atoms with van der Waals surface area (Å²) in [6.45, 7) is 13.1. The fourth-order valence-corrected chi connectivity index (χ4v) is 6.38.